The van der Waals surface area contributed by atoms with Crippen molar-refractivity contribution in [1.82, 2.24) is 19.7 Å². The van der Waals surface area contributed by atoms with Gasteiger partial charge in [-0.3, -0.25) is 9.48 Å². The van der Waals surface area contributed by atoms with Crippen LogP contribution in [0.3, 0.4) is 0 Å². The summed E-state index contributed by atoms with van der Waals surface area (Å²) in [7, 11) is 1.57. The molecule has 9 heteroatoms. The molecular weight excluding hydrogens is 268 g/mol. The summed E-state index contributed by atoms with van der Waals surface area (Å²) >= 11 is 0. The number of hydrogen-bond acceptors (Lipinski definition) is 7. The normalized spacial score (nSPS) is 30.2. The zero-order valence-corrected chi connectivity index (χ0v) is 10.6. The lowest BCUT2D eigenvalue weighted by Crippen LogP contribution is -2.32. The fraction of sp³-hybridized carbons (Fsp3) is 0.545. The first kappa shape index (κ1) is 13.2. The van der Waals surface area contributed by atoms with Gasteiger partial charge >= 0.3 is 0 Å². The molecule has 108 valence electrons. The van der Waals surface area contributed by atoms with E-state index in [1.807, 2.05) is 0 Å². The van der Waals surface area contributed by atoms with Crippen LogP contribution in [0, 0.1) is 0 Å². The molecule has 1 aliphatic heterocycles. The van der Waals surface area contributed by atoms with Crippen LogP contribution in [0.4, 0.5) is 0 Å². The summed E-state index contributed by atoms with van der Waals surface area (Å²) in [5.41, 5.74) is 0.449. The first-order valence-electron chi connectivity index (χ1n) is 6.07. The molecule has 4 unspecified atom stereocenters. The molecule has 2 aromatic rings. The van der Waals surface area contributed by atoms with Crippen molar-refractivity contribution in [1.29, 1.82) is 0 Å². The number of aromatic nitrogens is 4. The van der Waals surface area contributed by atoms with Crippen molar-refractivity contribution in [2.75, 3.05) is 6.61 Å². The van der Waals surface area contributed by atoms with Crippen LogP contribution < -0.4 is 5.56 Å². The number of fused-ring (bicyclic) bond motifs is 1. The topological polar surface area (TPSA) is 133 Å². The van der Waals surface area contributed by atoms with Crippen LogP contribution >= 0.6 is 0 Å². The monoisotopic (exact) mass is 282 g/mol. The largest absolute Gasteiger partial charge is 0.394 e. The van der Waals surface area contributed by atoms with E-state index >= 15 is 0 Å². The Labute approximate surface area is 112 Å². The number of H-pyrrole nitrogens is 1. The average Bonchev–Trinajstić information content (AvgIpc) is 2.90. The third-order valence-corrected chi connectivity index (χ3v) is 3.46. The predicted octanol–water partition coefficient (Wildman–Crippen LogP) is -2.19. The maximum Gasteiger partial charge on any atom is 0.276 e. The summed E-state index contributed by atoms with van der Waals surface area (Å²) in [6.07, 6.45) is -3.07. The second-order valence-electron chi connectivity index (χ2n) is 4.70. The van der Waals surface area contributed by atoms with Gasteiger partial charge in [0.25, 0.3) is 5.56 Å². The molecule has 4 atom stereocenters. The Morgan fingerprint density at radius 3 is 2.85 bits per heavy atom. The van der Waals surface area contributed by atoms with Gasteiger partial charge in [-0.25, -0.2) is 4.98 Å². The summed E-state index contributed by atoms with van der Waals surface area (Å²) in [4.78, 5) is 18.2. The zero-order valence-electron chi connectivity index (χ0n) is 10.6. The predicted molar refractivity (Wildman–Crippen MR) is 65.8 cm³/mol. The van der Waals surface area contributed by atoms with Gasteiger partial charge in [-0.2, -0.15) is 5.10 Å². The Morgan fingerprint density at radius 1 is 1.45 bits per heavy atom. The number of aryl methyl sites for hydroxylation is 1. The Morgan fingerprint density at radius 2 is 2.20 bits per heavy atom. The Kier molecular flexibility index (Phi) is 3.05. The Hall–Kier alpha value is -1.81. The van der Waals surface area contributed by atoms with Gasteiger partial charge in [0, 0.05) is 7.05 Å². The minimum atomic E-state index is -1.24. The summed E-state index contributed by atoms with van der Waals surface area (Å²) in [6, 6.07) is 0. The molecule has 0 aliphatic carbocycles. The second-order valence-corrected chi connectivity index (χ2v) is 4.70. The maximum atomic E-state index is 11.7. The first-order valence-corrected chi connectivity index (χ1v) is 6.07. The SMILES string of the molecule is Cn1nc(C2OC(CO)C(O)C2O)c2nc[nH]c(=O)c21. The minimum absolute atomic E-state index is 0.250. The summed E-state index contributed by atoms with van der Waals surface area (Å²) in [5, 5.41) is 33.0. The number of aromatic amines is 1. The number of nitrogens with one attached hydrogen (secondary N) is 1. The maximum absolute atomic E-state index is 11.7. The van der Waals surface area contributed by atoms with Gasteiger partial charge in [0.05, 0.1) is 12.9 Å². The molecule has 0 bridgehead atoms. The van der Waals surface area contributed by atoms with Crippen LogP contribution in [0.2, 0.25) is 0 Å². The molecule has 1 aliphatic rings. The fourth-order valence-electron chi connectivity index (χ4n) is 2.46. The molecule has 3 rings (SSSR count). The molecular formula is C11H14N4O5. The zero-order chi connectivity index (χ0) is 14.4. The van der Waals surface area contributed by atoms with Crippen molar-refractivity contribution in [2.45, 2.75) is 24.4 Å². The van der Waals surface area contributed by atoms with Gasteiger partial charge in [-0.05, 0) is 0 Å². The van der Waals surface area contributed by atoms with Gasteiger partial charge in [0.15, 0.2) is 5.52 Å². The number of nitrogens with zero attached hydrogens (tertiary/aromatic N) is 3. The van der Waals surface area contributed by atoms with Gasteiger partial charge in [0.1, 0.15) is 35.6 Å². The number of rotatable bonds is 2. The third kappa shape index (κ3) is 1.75. The van der Waals surface area contributed by atoms with Crippen molar-refractivity contribution in [3.63, 3.8) is 0 Å². The van der Waals surface area contributed by atoms with E-state index in [1.54, 1.807) is 7.05 Å². The van der Waals surface area contributed by atoms with E-state index in [9.17, 15) is 15.0 Å². The van der Waals surface area contributed by atoms with E-state index in [0.717, 1.165) is 0 Å². The number of aliphatic hydroxyl groups is 3. The molecule has 3 heterocycles. The van der Waals surface area contributed by atoms with E-state index in [1.165, 1.54) is 11.0 Å². The molecule has 0 spiro atoms. The highest BCUT2D eigenvalue weighted by atomic mass is 16.6. The number of aliphatic hydroxyl groups excluding tert-OH is 3. The van der Waals surface area contributed by atoms with Crippen molar-refractivity contribution in [3.8, 4) is 0 Å². The molecule has 9 nitrogen and oxygen atoms in total. The van der Waals surface area contributed by atoms with Crippen molar-refractivity contribution in [2.24, 2.45) is 7.05 Å². The van der Waals surface area contributed by atoms with Crippen molar-refractivity contribution < 1.29 is 20.1 Å². The van der Waals surface area contributed by atoms with E-state index in [4.69, 9.17) is 9.84 Å². The highest BCUT2D eigenvalue weighted by molar-refractivity contribution is 5.76. The van der Waals surface area contributed by atoms with Gasteiger partial charge in [-0.15, -0.1) is 0 Å². The lowest BCUT2D eigenvalue weighted by Gasteiger charge is -2.11. The quantitative estimate of drug-likeness (QED) is 0.491. The molecule has 1 saturated heterocycles. The molecule has 0 amide bonds. The molecule has 0 aromatic carbocycles. The second kappa shape index (κ2) is 4.63. The van der Waals surface area contributed by atoms with E-state index in [2.05, 4.69) is 15.1 Å². The van der Waals surface area contributed by atoms with Crippen molar-refractivity contribution >= 4 is 11.0 Å². The number of hydrogen-bond donors (Lipinski definition) is 4. The van der Waals surface area contributed by atoms with Crippen molar-refractivity contribution in [3.05, 3.63) is 22.4 Å². The molecule has 1 fully saturated rings. The van der Waals surface area contributed by atoms with Gasteiger partial charge < -0.3 is 25.0 Å². The molecule has 0 saturated carbocycles. The third-order valence-electron chi connectivity index (χ3n) is 3.46. The fourth-order valence-corrected chi connectivity index (χ4v) is 2.46. The van der Waals surface area contributed by atoms with E-state index in [0.29, 0.717) is 5.52 Å². The van der Waals surface area contributed by atoms with Crippen LogP contribution in [0.1, 0.15) is 11.8 Å². The van der Waals surface area contributed by atoms with Crippen LogP contribution in [0.5, 0.6) is 0 Å². The van der Waals surface area contributed by atoms with E-state index in [-0.39, 0.29) is 16.8 Å². The lowest BCUT2D eigenvalue weighted by atomic mass is 10.1. The van der Waals surface area contributed by atoms with Crippen LogP contribution in [-0.4, -0.2) is 60.0 Å². The minimum Gasteiger partial charge on any atom is -0.394 e. The first-order chi connectivity index (χ1) is 9.54. The molecule has 4 N–H and O–H groups in total. The summed E-state index contributed by atoms with van der Waals surface area (Å²) in [5.74, 6) is 0. The summed E-state index contributed by atoms with van der Waals surface area (Å²) in [6.45, 7) is -0.423. The van der Waals surface area contributed by atoms with Crippen LogP contribution in [-0.2, 0) is 11.8 Å². The van der Waals surface area contributed by atoms with Gasteiger partial charge in [-0.1, -0.05) is 0 Å². The van der Waals surface area contributed by atoms with Gasteiger partial charge in [0.2, 0.25) is 0 Å². The standard InChI is InChI=1S/C11H14N4O5/c1-15-7-5(12-3-13-11(7)19)6(14-15)10-9(18)8(17)4(2-16)20-10/h3-4,8-10,16-18H,2H2,1H3,(H,12,13,19). The highest BCUT2D eigenvalue weighted by Gasteiger charge is 2.45. The Bertz CT molecular complexity index is 696. The number of ether oxygens (including phenoxy) is 1. The molecule has 2 aromatic heterocycles. The molecule has 20 heavy (non-hydrogen) atoms. The van der Waals surface area contributed by atoms with Crippen LogP contribution in [0.15, 0.2) is 11.1 Å². The van der Waals surface area contributed by atoms with Crippen LogP contribution in [0.25, 0.3) is 11.0 Å². The smallest absolute Gasteiger partial charge is 0.276 e. The average molecular weight is 282 g/mol. The summed E-state index contributed by atoms with van der Waals surface area (Å²) < 4.78 is 6.74. The highest BCUT2D eigenvalue weighted by Crippen LogP contribution is 2.34. The lowest BCUT2D eigenvalue weighted by molar-refractivity contribution is -0.0237. The molecule has 0 radical (unpaired) electrons. The Balaban J connectivity index is 2.12. The van der Waals surface area contributed by atoms with E-state index < -0.39 is 31.0 Å².